The van der Waals surface area contributed by atoms with E-state index in [1.807, 2.05) is 19.4 Å². The van der Waals surface area contributed by atoms with Crippen molar-refractivity contribution < 1.29 is 9.53 Å². The topological polar surface area (TPSA) is 56.1 Å². The van der Waals surface area contributed by atoms with Crippen LogP contribution in [0.1, 0.15) is 31.2 Å². The first-order valence-corrected chi connectivity index (χ1v) is 7.05. The number of ether oxygens (including phenoxy) is 1. The molecule has 1 N–H and O–H groups in total. The molecule has 0 saturated carbocycles. The predicted octanol–water partition coefficient (Wildman–Crippen LogP) is 1.08. The molecular formula is C14H23N3O2. The lowest BCUT2D eigenvalue weighted by Crippen LogP contribution is -2.32. The van der Waals surface area contributed by atoms with E-state index < -0.39 is 0 Å². The molecular weight excluding hydrogens is 242 g/mol. The van der Waals surface area contributed by atoms with Crippen LogP contribution in [0.25, 0.3) is 0 Å². The largest absolute Gasteiger partial charge is 0.378 e. The number of carbonyl (C=O) groups excluding carboxylic acids is 1. The van der Waals surface area contributed by atoms with Crippen LogP contribution in [0.3, 0.4) is 0 Å². The van der Waals surface area contributed by atoms with E-state index in [0.29, 0.717) is 25.6 Å². The van der Waals surface area contributed by atoms with Gasteiger partial charge in [0, 0.05) is 26.1 Å². The molecule has 5 heteroatoms. The Balaban J connectivity index is 1.56. The van der Waals surface area contributed by atoms with Crippen molar-refractivity contribution in [3.8, 4) is 0 Å². The van der Waals surface area contributed by atoms with Crippen molar-refractivity contribution in [1.82, 2.24) is 15.1 Å². The number of nitrogens with one attached hydrogen (secondary N) is 1. The molecule has 106 valence electrons. The van der Waals surface area contributed by atoms with E-state index >= 15 is 0 Å². The number of piperidine rings is 1. The Morgan fingerprint density at radius 2 is 2.26 bits per heavy atom. The molecule has 0 aromatic carbocycles. The summed E-state index contributed by atoms with van der Waals surface area (Å²) in [5, 5.41) is 7.39. The fraction of sp³-hybridized carbons (Fsp3) is 0.714. The van der Waals surface area contributed by atoms with Gasteiger partial charge in [0.05, 0.1) is 18.9 Å². The lowest BCUT2D eigenvalue weighted by atomic mass is 10.1. The molecule has 1 saturated heterocycles. The van der Waals surface area contributed by atoms with E-state index in [4.69, 9.17) is 4.74 Å². The molecule has 5 nitrogen and oxygen atoms in total. The van der Waals surface area contributed by atoms with Gasteiger partial charge in [-0.1, -0.05) is 0 Å². The van der Waals surface area contributed by atoms with Gasteiger partial charge in [-0.15, -0.1) is 0 Å². The molecule has 0 atom stereocenters. The molecule has 0 spiro atoms. The van der Waals surface area contributed by atoms with Crippen molar-refractivity contribution >= 4 is 5.78 Å². The van der Waals surface area contributed by atoms with E-state index in [-0.39, 0.29) is 5.78 Å². The Hall–Kier alpha value is -1.20. The third-order valence-electron chi connectivity index (χ3n) is 3.47. The van der Waals surface area contributed by atoms with E-state index in [0.717, 1.165) is 37.9 Å². The highest BCUT2D eigenvalue weighted by Gasteiger charge is 2.13. The van der Waals surface area contributed by atoms with Gasteiger partial charge < -0.3 is 10.1 Å². The molecule has 0 radical (unpaired) electrons. The Morgan fingerprint density at radius 1 is 1.47 bits per heavy atom. The van der Waals surface area contributed by atoms with Gasteiger partial charge in [-0.25, -0.2) is 0 Å². The fourth-order valence-corrected chi connectivity index (χ4v) is 2.31. The molecule has 1 aliphatic rings. The van der Waals surface area contributed by atoms with Crippen LogP contribution in [0.2, 0.25) is 0 Å². The second kappa shape index (κ2) is 7.40. The number of ketones is 1. The van der Waals surface area contributed by atoms with E-state index in [1.165, 1.54) is 0 Å². The molecule has 2 heterocycles. The Labute approximate surface area is 114 Å². The van der Waals surface area contributed by atoms with Gasteiger partial charge in [0.2, 0.25) is 0 Å². The van der Waals surface area contributed by atoms with Gasteiger partial charge >= 0.3 is 0 Å². The van der Waals surface area contributed by atoms with E-state index in [9.17, 15) is 4.79 Å². The number of aryl methyl sites for hydroxylation is 2. The summed E-state index contributed by atoms with van der Waals surface area (Å²) in [5.41, 5.74) is 1.12. The molecule has 1 aromatic rings. The standard InChI is InChI=1S/C14H23N3O2/c1-17-11-12(10-16-17)2-3-13(18)6-9-19-14-4-7-15-8-5-14/h10-11,14-15H,2-9H2,1H3. The summed E-state index contributed by atoms with van der Waals surface area (Å²) in [6.07, 6.45) is 8.13. The van der Waals surface area contributed by atoms with Crippen LogP contribution in [-0.2, 0) is 23.0 Å². The average molecular weight is 265 g/mol. The SMILES string of the molecule is Cn1cc(CCC(=O)CCOC2CCNCC2)cn1. The van der Waals surface area contributed by atoms with Crippen LogP contribution in [0.5, 0.6) is 0 Å². The zero-order valence-electron chi connectivity index (χ0n) is 11.6. The number of hydrogen-bond donors (Lipinski definition) is 1. The molecule has 19 heavy (non-hydrogen) atoms. The zero-order chi connectivity index (χ0) is 13.5. The van der Waals surface area contributed by atoms with Gasteiger partial charge in [-0.05, 0) is 37.9 Å². The second-order valence-corrected chi connectivity index (χ2v) is 5.13. The lowest BCUT2D eigenvalue weighted by molar-refractivity contribution is -0.120. The second-order valence-electron chi connectivity index (χ2n) is 5.13. The molecule has 0 bridgehead atoms. The monoisotopic (exact) mass is 265 g/mol. The van der Waals surface area contributed by atoms with Crippen molar-refractivity contribution in [2.24, 2.45) is 7.05 Å². The zero-order valence-corrected chi connectivity index (χ0v) is 11.6. The normalized spacial score (nSPS) is 16.7. The summed E-state index contributed by atoms with van der Waals surface area (Å²) >= 11 is 0. The Bertz CT molecular complexity index is 397. The summed E-state index contributed by atoms with van der Waals surface area (Å²) in [5.74, 6) is 0.276. The van der Waals surface area contributed by atoms with Crippen LogP contribution in [0.4, 0.5) is 0 Å². The van der Waals surface area contributed by atoms with Crippen LogP contribution in [0.15, 0.2) is 12.4 Å². The fourth-order valence-electron chi connectivity index (χ4n) is 2.31. The molecule has 2 rings (SSSR count). The van der Waals surface area contributed by atoms with Gasteiger partial charge in [-0.2, -0.15) is 5.10 Å². The van der Waals surface area contributed by atoms with Crippen LogP contribution in [0, 0.1) is 0 Å². The van der Waals surface area contributed by atoms with Crippen LogP contribution >= 0.6 is 0 Å². The highest BCUT2D eigenvalue weighted by atomic mass is 16.5. The maximum Gasteiger partial charge on any atom is 0.135 e. The minimum Gasteiger partial charge on any atom is -0.378 e. The van der Waals surface area contributed by atoms with Crippen molar-refractivity contribution in [1.29, 1.82) is 0 Å². The summed E-state index contributed by atoms with van der Waals surface area (Å²) in [6, 6.07) is 0. The maximum absolute atomic E-state index is 11.7. The summed E-state index contributed by atoms with van der Waals surface area (Å²) < 4.78 is 7.50. The first-order chi connectivity index (χ1) is 9.24. The number of Topliss-reactive ketones (excluding diaryl/α,β-unsaturated/α-hetero) is 1. The highest BCUT2D eigenvalue weighted by molar-refractivity contribution is 5.78. The van der Waals surface area contributed by atoms with Crippen molar-refractivity contribution in [2.75, 3.05) is 19.7 Å². The molecule has 1 aromatic heterocycles. The molecule has 0 unspecified atom stereocenters. The quantitative estimate of drug-likeness (QED) is 0.801. The number of carbonyl (C=O) groups is 1. The summed E-state index contributed by atoms with van der Waals surface area (Å²) in [7, 11) is 1.89. The van der Waals surface area contributed by atoms with Gasteiger partial charge in [0.25, 0.3) is 0 Å². The maximum atomic E-state index is 11.7. The Morgan fingerprint density at radius 3 is 2.95 bits per heavy atom. The number of nitrogens with zero attached hydrogens (tertiary/aromatic N) is 2. The van der Waals surface area contributed by atoms with Crippen LogP contribution < -0.4 is 5.32 Å². The smallest absolute Gasteiger partial charge is 0.135 e. The number of aromatic nitrogens is 2. The third kappa shape index (κ3) is 5.12. The van der Waals surface area contributed by atoms with Crippen molar-refractivity contribution in [3.05, 3.63) is 18.0 Å². The number of hydrogen-bond acceptors (Lipinski definition) is 4. The summed E-state index contributed by atoms with van der Waals surface area (Å²) in [4.78, 5) is 11.7. The summed E-state index contributed by atoms with van der Waals surface area (Å²) in [6.45, 7) is 2.62. The van der Waals surface area contributed by atoms with Gasteiger partial charge in [-0.3, -0.25) is 9.48 Å². The minimum absolute atomic E-state index is 0.276. The predicted molar refractivity (Wildman–Crippen MR) is 73.0 cm³/mol. The number of rotatable bonds is 7. The van der Waals surface area contributed by atoms with Crippen molar-refractivity contribution in [3.63, 3.8) is 0 Å². The van der Waals surface area contributed by atoms with E-state index in [1.54, 1.807) is 4.68 Å². The minimum atomic E-state index is 0.276. The molecule has 0 aliphatic carbocycles. The Kier molecular flexibility index (Phi) is 5.54. The molecule has 1 aliphatic heterocycles. The lowest BCUT2D eigenvalue weighted by Gasteiger charge is -2.22. The first kappa shape index (κ1) is 14.2. The van der Waals surface area contributed by atoms with Crippen molar-refractivity contribution in [2.45, 2.75) is 38.2 Å². The van der Waals surface area contributed by atoms with Gasteiger partial charge in [0.15, 0.2) is 0 Å². The van der Waals surface area contributed by atoms with Crippen LogP contribution in [-0.4, -0.2) is 41.4 Å². The molecule has 1 fully saturated rings. The highest BCUT2D eigenvalue weighted by Crippen LogP contribution is 2.08. The first-order valence-electron chi connectivity index (χ1n) is 7.05. The van der Waals surface area contributed by atoms with E-state index in [2.05, 4.69) is 10.4 Å². The third-order valence-corrected chi connectivity index (χ3v) is 3.47. The molecule has 0 amide bonds. The average Bonchev–Trinajstić information content (AvgIpc) is 2.83. The van der Waals surface area contributed by atoms with Gasteiger partial charge in [0.1, 0.15) is 5.78 Å².